The standard InChI is InChI=1S/C40H24N4O/c1-2-10-27(11-3-1)43-34-15-7-4-12-28(34)32-21-33-29-13-5-8-16-35(29)44(37(33)22-36(32)43)40-41-23-26(24-42-40)25-18-19-31-30-14-6-9-17-38(30)45-39(31)20-25/h1-24H. The number of aromatic nitrogens is 4. The first-order valence-corrected chi connectivity index (χ1v) is 15.1. The van der Waals surface area contributed by atoms with Gasteiger partial charge >= 0.3 is 0 Å². The minimum absolute atomic E-state index is 0.636. The van der Waals surface area contributed by atoms with Crippen molar-refractivity contribution in [3.8, 4) is 22.8 Å². The quantitative estimate of drug-likeness (QED) is 0.210. The Morgan fingerprint density at radius 1 is 0.400 bits per heavy atom. The summed E-state index contributed by atoms with van der Waals surface area (Å²) in [5, 5.41) is 7.04. The number of hydrogen-bond donors (Lipinski definition) is 0. The molecule has 6 aromatic carbocycles. The minimum Gasteiger partial charge on any atom is -0.456 e. The lowest BCUT2D eigenvalue weighted by molar-refractivity contribution is 0.669. The van der Waals surface area contributed by atoms with Crippen LogP contribution in [0.25, 0.3) is 88.3 Å². The molecule has 0 aliphatic heterocycles. The van der Waals surface area contributed by atoms with E-state index in [0.717, 1.165) is 55.3 Å². The molecule has 0 aliphatic carbocycles. The number of benzene rings is 6. The fourth-order valence-electron chi connectivity index (χ4n) is 6.99. The smallest absolute Gasteiger partial charge is 0.234 e. The van der Waals surface area contributed by atoms with Crippen LogP contribution in [0.4, 0.5) is 0 Å². The Hall–Kier alpha value is -6.20. The van der Waals surface area contributed by atoms with E-state index in [9.17, 15) is 0 Å². The van der Waals surface area contributed by atoms with Crippen molar-refractivity contribution in [3.63, 3.8) is 0 Å². The molecule has 45 heavy (non-hydrogen) atoms. The molecular formula is C40H24N4O. The first kappa shape index (κ1) is 24.3. The molecule has 10 aromatic rings. The average Bonchev–Trinajstić information content (AvgIpc) is 3.75. The van der Waals surface area contributed by atoms with Gasteiger partial charge in [-0.1, -0.05) is 78.9 Å². The molecule has 0 bridgehead atoms. The summed E-state index contributed by atoms with van der Waals surface area (Å²) in [5.74, 6) is 0.636. The number of nitrogens with zero attached hydrogens (tertiary/aromatic N) is 4. The Balaban J connectivity index is 1.18. The summed E-state index contributed by atoms with van der Waals surface area (Å²) in [5.41, 5.74) is 9.32. The van der Waals surface area contributed by atoms with Crippen LogP contribution in [0, 0.1) is 0 Å². The molecule has 5 heteroatoms. The lowest BCUT2D eigenvalue weighted by Crippen LogP contribution is -2.01. The van der Waals surface area contributed by atoms with Crippen molar-refractivity contribution in [2.45, 2.75) is 0 Å². The molecule has 0 atom stereocenters. The van der Waals surface area contributed by atoms with Crippen molar-refractivity contribution in [1.29, 1.82) is 0 Å². The highest BCUT2D eigenvalue weighted by atomic mass is 16.3. The third kappa shape index (κ3) is 3.49. The zero-order chi connectivity index (χ0) is 29.5. The van der Waals surface area contributed by atoms with Crippen molar-refractivity contribution in [2.75, 3.05) is 0 Å². The molecule has 0 saturated carbocycles. The van der Waals surface area contributed by atoms with Gasteiger partial charge in [-0.2, -0.15) is 0 Å². The molecule has 0 aliphatic rings. The summed E-state index contributed by atoms with van der Waals surface area (Å²) in [6.07, 6.45) is 3.82. The predicted octanol–water partition coefficient (Wildman–Crippen LogP) is 10.2. The van der Waals surface area contributed by atoms with Crippen molar-refractivity contribution in [1.82, 2.24) is 19.1 Å². The van der Waals surface area contributed by atoms with E-state index >= 15 is 0 Å². The van der Waals surface area contributed by atoms with Gasteiger partial charge in [0.1, 0.15) is 11.2 Å². The van der Waals surface area contributed by atoms with E-state index in [0.29, 0.717) is 5.95 Å². The highest BCUT2D eigenvalue weighted by Crippen LogP contribution is 2.39. The van der Waals surface area contributed by atoms with Gasteiger partial charge in [-0.15, -0.1) is 0 Å². The molecule has 10 rings (SSSR count). The summed E-state index contributed by atoms with van der Waals surface area (Å²) in [6, 6.07) is 46.8. The molecule has 4 aromatic heterocycles. The van der Waals surface area contributed by atoms with E-state index in [4.69, 9.17) is 14.4 Å². The monoisotopic (exact) mass is 576 g/mol. The van der Waals surface area contributed by atoms with Gasteiger partial charge in [0.05, 0.1) is 22.1 Å². The second-order valence-electron chi connectivity index (χ2n) is 11.5. The Morgan fingerprint density at radius 3 is 1.76 bits per heavy atom. The van der Waals surface area contributed by atoms with Crippen LogP contribution >= 0.6 is 0 Å². The van der Waals surface area contributed by atoms with Crippen LogP contribution in [-0.4, -0.2) is 19.1 Å². The van der Waals surface area contributed by atoms with Gasteiger partial charge in [0, 0.05) is 56.0 Å². The van der Waals surface area contributed by atoms with Crippen molar-refractivity contribution >= 4 is 65.6 Å². The van der Waals surface area contributed by atoms with E-state index in [1.165, 1.54) is 27.1 Å². The number of rotatable bonds is 3. The summed E-state index contributed by atoms with van der Waals surface area (Å²) in [4.78, 5) is 9.88. The topological polar surface area (TPSA) is 48.8 Å². The van der Waals surface area contributed by atoms with Crippen LogP contribution in [0.3, 0.4) is 0 Å². The lowest BCUT2D eigenvalue weighted by Gasteiger charge is -2.09. The number of para-hydroxylation sites is 4. The van der Waals surface area contributed by atoms with Crippen LogP contribution in [0.15, 0.2) is 150 Å². The molecule has 210 valence electrons. The SMILES string of the molecule is c1ccc(-n2c3ccccc3c3cc4c5ccccc5n(-c5ncc(-c6ccc7c(c6)oc6ccccc67)cn5)c4cc32)cc1. The van der Waals surface area contributed by atoms with Gasteiger partial charge < -0.3 is 8.98 Å². The summed E-state index contributed by atoms with van der Waals surface area (Å²) < 4.78 is 10.7. The van der Waals surface area contributed by atoms with Crippen LogP contribution in [-0.2, 0) is 0 Å². The Morgan fingerprint density at radius 2 is 1.00 bits per heavy atom. The normalized spacial score (nSPS) is 12.0. The number of hydrogen-bond acceptors (Lipinski definition) is 3. The van der Waals surface area contributed by atoms with Gasteiger partial charge in [0.25, 0.3) is 0 Å². The highest BCUT2D eigenvalue weighted by molar-refractivity contribution is 6.19. The fourth-order valence-corrected chi connectivity index (χ4v) is 6.99. The van der Waals surface area contributed by atoms with E-state index in [1.54, 1.807) is 0 Å². The molecular weight excluding hydrogens is 552 g/mol. The third-order valence-electron chi connectivity index (χ3n) is 9.03. The molecule has 4 heterocycles. The lowest BCUT2D eigenvalue weighted by atomic mass is 10.1. The second-order valence-corrected chi connectivity index (χ2v) is 11.5. The molecule has 0 radical (unpaired) electrons. The average molecular weight is 577 g/mol. The minimum atomic E-state index is 0.636. The second kappa shape index (κ2) is 9.15. The van der Waals surface area contributed by atoms with Crippen LogP contribution < -0.4 is 0 Å². The predicted molar refractivity (Wildman–Crippen MR) is 183 cm³/mol. The molecule has 0 spiro atoms. The zero-order valence-corrected chi connectivity index (χ0v) is 24.1. The number of furan rings is 1. The van der Waals surface area contributed by atoms with Crippen molar-refractivity contribution < 1.29 is 4.42 Å². The first-order chi connectivity index (χ1) is 22.3. The van der Waals surface area contributed by atoms with Crippen molar-refractivity contribution in [3.05, 3.63) is 146 Å². The van der Waals surface area contributed by atoms with Crippen molar-refractivity contribution in [2.24, 2.45) is 0 Å². The molecule has 0 saturated heterocycles. The molecule has 0 fully saturated rings. The van der Waals surface area contributed by atoms with E-state index < -0.39 is 0 Å². The molecule has 0 amide bonds. The largest absolute Gasteiger partial charge is 0.456 e. The van der Waals surface area contributed by atoms with E-state index in [1.807, 2.05) is 30.6 Å². The van der Waals surface area contributed by atoms with Gasteiger partial charge in [0.2, 0.25) is 5.95 Å². The Bertz CT molecular complexity index is 2750. The van der Waals surface area contributed by atoms with Crippen LogP contribution in [0.1, 0.15) is 0 Å². The number of fused-ring (bicyclic) bond motifs is 9. The van der Waals surface area contributed by atoms with E-state index in [-0.39, 0.29) is 0 Å². The molecule has 5 nitrogen and oxygen atoms in total. The highest BCUT2D eigenvalue weighted by Gasteiger charge is 2.19. The fraction of sp³-hybridized carbons (Fsp3) is 0. The Kier molecular flexibility index (Phi) is 4.93. The van der Waals surface area contributed by atoms with Gasteiger partial charge in [0.15, 0.2) is 0 Å². The van der Waals surface area contributed by atoms with Gasteiger partial charge in [-0.05, 0) is 60.2 Å². The van der Waals surface area contributed by atoms with Gasteiger partial charge in [-0.3, -0.25) is 4.57 Å². The first-order valence-electron chi connectivity index (χ1n) is 15.1. The summed E-state index contributed by atoms with van der Waals surface area (Å²) >= 11 is 0. The van der Waals surface area contributed by atoms with Crippen LogP contribution in [0.5, 0.6) is 0 Å². The maximum atomic E-state index is 6.15. The molecule has 0 unspecified atom stereocenters. The van der Waals surface area contributed by atoms with Crippen LogP contribution in [0.2, 0.25) is 0 Å². The maximum Gasteiger partial charge on any atom is 0.234 e. The zero-order valence-electron chi connectivity index (χ0n) is 24.1. The van der Waals surface area contributed by atoms with Gasteiger partial charge in [-0.25, -0.2) is 9.97 Å². The summed E-state index contributed by atoms with van der Waals surface area (Å²) in [7, 11) is 0. The summed E-state index contributed by atoms with van der Waals surface area (Å²) in [6.45, 7) is 0. The molecule has 0 N–H and O–H groups in total. The third-order valence-corrected chi connectivity index (χ3v) is 9.03. The Labute approximate surface area is 257 Å². The van der Waals surface area contributed by atoms with E-state index in [2.05, 4.69) is 124 Å². The maximum absolute atomic E-state index is 6.15.